The van der Waals surface area contributed by atoms with Crippen molar-refractivity contribution in [1.82, 2.24) is 0 Å². The monoisotopic (exact) mass is 397 g/mol. The van der Waals surface area contributed by atoms with E-state index in [4.69, 9.17) is 4.74 Å². The Morgan fingerprint density at radius 3 is 2.40 bits per heavy atom. The maximum atomic E-state index is 12.2. The largest absolute Gasteiger partial charge is 0.497 e. The van der Waals surface area contributed by atoms with Crippen LogP contribution in [0.5, 0.6) is 5.75 Å². The Kier molecular flexibility index (Phi) is 4.83. The van der Waals surface area contributed by atoms with Crippen LogP contribution in [0.1, 0.15) is 15.9 Å². The quantitative estimate of drug-likeness (QED) is 0.807. The summed E-state index contributed by atoms with van der Waals surface area (Å²) in [5.41, 5.74) is 2.31. The summed E-state index contributed by atoms with van der Waals surface area (Å²) in [7, 11) is 1.59. The second-order valence-corrected chi connectivity index (χ2v) is 6.18. The van der Waals surface area contributed by atoms with Gasteiger partial charge in [0.2, 0.25) is 0 Å². The first-order chi connectivity index (χ1) is 9.47. The van der Waals surface area contributed by atoms with E-state index >= 15 is 0 Å². The molecule has 104 valence electrons. The number of hydrogen-bond donors (Lipinski definition) is 1. The molecule has 5 heteroatoms. The highest BCUT2D eigenvalue weighted by Gasteiger charge is 2.09. The van der Waals surface area contributed by atoms with Crippen molar-refractivity contribution >= 4 is 43.5 Å². The lowest BCUT2D eigenvalue weighted by molar-refractivity contribution is 0.102. The average Bonchev–Trinajstić information content (AvgIpc) is 2.36. The van der Waals surface area contributed by atoms with Crippen LogP contribution in [0.25, 0.3) is 0 Å². The summed E-state index contributed by atoms with van der Waals surface area (Å²) in [6.45, 7) is 1.95. The van der Waals surface area contributed by atoms with Crippen LogP contribution in [0, 0.1) is 6.92 Å². The van der Waals surface area contributed by atoms with E-state index in [0.29, 0.717) is 17.0 Å². The second kappa shape index (κ2) is 6.41. The number of methoxy groups -OCH3 is 1. The van der Waals surface area contributed by atoms with E-state index in [1.165, 1.54) is 0 Å². The minimum absolute atomic E-state index is 0.158. The molecule has 1 amide bonds. The highest BCUT2D eigenvalue weighted by molar-refractivity contribution is 9.10. The van der Waals surface area contributed by atoms with Crippen LogP contribution >= 0.6 is 31.9 Å². The summed E-state index contributed by atoms with van der Waals surface area (Å²) < 4.78 is 6.90. The van der Waals surface area contributed by atoms with E-state index in [-0.39, 0.29) is 5.91 Å². The number of ether oxygens (including phenoxy) is 1. The fourth-order valence-electron chi connectivity index (χ4n) is 1.82. The summed E-state index contributed by atoms with van der Waals surface area (Å²) in [5, 5.41) is 2.86. The van der Waals surface area contributed by atoms with Crippen LogP contribution in [0.4, 0.5) is 5.69 Å². The smallest absolute Gasteiger partial charge is 0.255 e. The van der Waals surface area contributed by atoms with Crippen LogP contribution in [0.3, 0.4) is 0 Å². The number of aryl methyl sites for hydroxylation is 1. The minimum Gasteiger partial charge on any atom is -0.497 e. The van der Waals surface area contributed by atoms with E-state index in [9.17, 15) is 4.79 Å². The summed E-state index contributed by atoms with van der Waals surface area (Å²) in [6.07, 6.45) is 0. The van der Waals surface area contributed by atoms with E-state index in [0.717, 1.165) is 14.5 Å². The van der Waals surface area contributed by atoms with Gasteiger partial charge < -0.3 is 10.1 Å². The summed E-state index contributed by atoms with van der Waals surface area (Å²) in [6, 6.07) is 11.0. The van der Waals surface area contributed by atoms with Gasteiger partial charge in [-0.3, -0.25) is 4.79 Å². The Hall–Kier alpha value is -1.33. The SMILES string of the molecule is COc1cc(Br)cc(NC(=O)c2cc(C)cc(Br)c2)c1. The van der Waals surface area contributed by atoms with E-state index in [1.807, 2.05) is 31.2 Å². The Morgan fingerprint density at radius 2 is 1.75 bits per heavy atom. The number of amides is 1. The number of halogens is 2. The third-order valence-corrected chi connectivity index (χ3v) is 3.58. The Morgan fingerprint density at radius 1 is 1.05 bits per heavy atom. The van der Waals surface area contributed by atoms with Gasteiger partial charge in [0.1, 0.15) is 5.75 Å². The van der Waals surface area contributed by atoms with Crippen LogP contribution in [-0.4, -0.2) is 13.0 Å². The van der Waals surface area contributed by atoms with Gasteiger partial charge in [-0.15, -0.1) is 0 Å². The van der Waals surface area contributed by atoms with Gasteiger partial charge in [0, 0.05) is 26.3 Å². The maximum absolute atomic E-state index is 12.2. The molecule has 20 heavy (non-hydrogen) atoms. The molecule has 1 N–H and O–H groups in total. The molecule has 0 saturated carbocycles. The molecule has 2 aromatic carbocycles. The molecule has 0 aliphatic heterocycles. The van der Waals surface area contributed by atoms with Gasteiger partial charge >= 0.3 is 0 Å². The Balaban J connectivity index is 2.25. The van der Waals surface area contributed by atoms with Crippen molar-refractivity contribution in [3.63, 3.8) is 0 Å². The first-order valence-corrected chi connectivity index (χ1v) is 7.49. The van der Waals surface area contributed by atoms with E-state index in [2.05, 4.69) is 37.2 Å². The van der Waals surface area contributed by atoms with Crippen LogP contribution < -0.4 is 10.1 Å². The van der Waals surface area contributed by atoms with Crippen molar-refractivity contribution in [2.24, 2.45) is 0 Å². The predicted molar refractivity (Wildman–Crippen MR) is 87.5 cm³/mol. The Labute approximate surface area is 134 Å². The molecular formula is C15H13Br2NO2. The summed E-state index contributed by atoms with van der Waals surface area (Å²) in [5.74, 6) is 0.523. The number of carbonyl (C=O) groups excluding carboxylic acids is 1. The number of benzene rings is 2. The van der Waals surface area contributed by atoms with Gasteiger partial charge in [0.25, 0.3) is 5.91 Å². The lowest BCUT2D eigenvalue weighted by Gasteiger charge is -2.09. The van der Waals surface area contributed by atoms with Crippen molar-refractivity contribution in [2.75, 3.05) is 12.4 Å². The van der Waals surface area contributed by atoms with Crippen LogP contribution in [-0.2, 0) is 0 Å². The van der Waals surface area contributed by atoms with Crippen molar-refractivity contribution in [2.45, 2.75) is 6.92 Å². The van der Waals surface area contributed by atoms with Crippen molar-refractivity contribution in [1.29, 1.82) is 0 Å². The number of hydrogen-bond acceptors (Lipinski definition) is 2. The molecular weight excluding hydrogens is 386 g/mol. The topological polar surface area (TPSA) is 38.3 Å². The zero-order valence-corrected chi connectivity index (χ0v) is 14.2. The average molecular weight is 399 g/mol. The van der Waals surface area contributed by atoms with Gasteiger partial charge in [0.15, 0.2) is 0 Å². The van der Waals surface area contributed by atoms with Crippen molar-refractivity contribution in [3.8, 4) is 5.75 Å². The van der Waals surface area contributed by atoms with E-state index < -0.39 is 0 Å². The maximum Gasteiger partial charge on any atom is 0.255 e. The third-order valence-electron chi connectivity index (χ3n) is 2.67. The molecule has 0 bridgehead atoms. The van der Waals surface area contributed by atoms with E-state index in [1.54, 1.807) is 19.2 Å². The highest BCUT2D eigenvalue weighted by Crippen LogP contribution is 2.25. The molecule has 0 aliphatic carbocycles. The highest BCUT2D eigenvalue weighted by atomic mass is 79.9. The van der Waals surface area contributed by atoms with Gasteiger partial charge in [-0.2, -0.15) is 0 Å². The first-order valence-electron chi connectivity index (χ1n) is 5.91. The first kappa shape index (κ1) is 15.1. The molecule has 0 spiro atoms. The second-order valence-electron chi connectivity index (χ2n) is 4.35. The Bertz CT molecular complexity index is 636. The lowest BCUT2D eigenvalue weighted by atomic mass is 10.1. The van der Waals surface area contributed by atoms with Crippen LogP contribution in [0.15, 0.2) is 45.3 Å². The molecule has 0 unspecified atom stereocenters. The number of rotatable bonds is 3. The van der Waals surface area contributed by atoms with Gasteiger partial charge in [-0.1, -0.05) is 31.9 Å². The molecule has 0 fully saturated rings. The zero-order chi connectivity index (χ0) is 14.7. The minimum atomic E-state index is -0.158. The fraction of sp³-hybridized carbons (Fsp3) is 0.133. The zero-order valence-electron chi connectivity index (χ0n) is 11.0. The molecule has 0 saturated heterocycles. The van der Waals surface area contributed by atoms with Crippen molar-refractivity contribution < 1.29 is 9.53 Å². The van der Waals surface area contributed by atoms with Crippen LogP contribution in [0.2, 0.25) is 0 Å². The number of carbonyl (C=O) groups is 1. The molecule has 0 radical (unpaired) electrons. The molecule has 0 heterocycles. The predicted octanol–water partition coefficient (Wildman–Crippen LogP) is 4.78. The lowest BCUT2D eigenvalue weighted by Crippen LogP contribution is -2.12. The molecule has 0 atom stereocenters. The van der Waals surface area contributed by atoms with Gasteiger partial charge in [-0.25, -0.2) is 0 Å². The van der Waals surface area contributed by atoms with Crippen molar-refractivity contribution in [3.05, 3.63) is 56.5 Å². The molecule has 2 aromatic rings. The fourth-order valence-corrected chi connectivity index (χ4v) is 2.90. The number of nitrogens with one attached hydrogen (secondary N) is 1. The molecule has 2 rings (SSSR count). The molecule has 0 aromatic heterocycles. The molecule has 0 aliphatic rings. The van der Waals surface area contributed by atoms with Gasteiger partial charge in [-0.05, 0) is 42.8 Å². The van der Waals surface area contributed by atoms with Gasteiger partial charge in [0.05, 0.1) is 7.11 Å². The summed E-state index contributed by atoms with van der Waals surface area (Å²) in [4.78, 5) is 12.2. The molecule has 3 nitrogen and oxygen atoms in total. The standard InChI is InChI=1S/C15H13Br2NO2/c1-9-3-10(5-11(16)4-9)15(19)18-13-6-12(17)7-14(8-13)20-2/h3-8H,1-2H3,(H,18,19). The normalized spacial score (nSPS) is 10.2. The third kappa shape index (κ3) is 3.84. The summed E-state index contributed by atoms with van der Waals surface area (Å²) >= 11 is 6.78. The number of anilines is 1.